The summed E-state index contributed by atoms with van der Waals surface area (Å²) in [6.45, 7) is 1.54. The van der Waals surface area contributed by atoms with Gasteiger partial charge in [-0.25, -0.2) is 4.79 Å². The third-order valence-corrected chi connectivity index (χ3v) is 7.84. The van der Waals surface area contributed by atoms with Gasteiger partial charge in [-0.15, -0.1) is 12.4 Å². The van der Waals surface area contributed by atoms with E-state index < -0.39 is 0 Å². The number of piperidine rings is 1. The van der Waals surface area contributed by atoms with Crippen molar-refractivity contribution >= 4 is 24.3 Å². The molecular formula is C22H39ClN4O2. The van der Waals surface area contributed by atoms with E-state index in [4.69, 9.17) is 5.73 Å². The zero-order chi connectivity index (χ0) is 19.5. The second-order valence-corrected chi connectivity index (χ2v) is 9.75. The Balaban J connectivity index is 0.00000240. The van der Waals surface area contributed by atoms with Crippen molar-refractivity contribution in [2.24, 2.45) is 23.5 Å². The van der Waals surface area contributed by atoms with E-state index in [1.807, 2.05) is 0 Å². The van der Waals surface area contributed by atoms with Crippen LogP contribution in [0, 0.1) is 17.8 Å². The van der Waals surface area contributed by atoms with Crippen molar-refractivity contribution in [2.75, 3.05) is 13.1 Å². The molecule has 0 spiro atoms. The standard InChI is InChI=1S/C22H38N4O2.ClH/c23-20-15-5-4-6-16(20)14-17(13-15)21(27)26-11-9-19(10-12-26)25-22(28)24-18-7-2-1-3-8-18;/h15-20H,1-14,23H2,(H2,24,25,28);1H. The molecule has 2 unspecified atom stereocenters. The number of likely N-dealkylation sites (tertiary alicyclic amines) is 1. The lowest BCUT2D eigenvalue weighted by Gasteiger charge is -2.45. The van der Waals surface area contributed by atoms with Crippen LogP contribution in [0.5, 0.6) is 0 Å². The van der Waals surface area contributed by atoms with Gasteiger partial charge in [0.1, 0.15) is 0 Å². The molecule has 1 heterocycles. The molecule has 3 amide bonds. The molecule has 2 atom stereocenters. The molecule has 4 aliphatic rings. The lowest BCUT2D eigenvalue weighted by atomic mass is 9.65. The molecule has 4 rings (SSSR count). The minimum Gasteiger partial charge on any atom is -0.342 e. The van der Waals surface area contributed by atoms with Gasteiger partial charge in [0.25, 0.3) is 0 Å². The van der Waals surface area contributed by atoms with Crippen LogP contribution in [-0.2, 0) is 4.79 Å². The number of rotatable bonds is 3. The third kappa shape index (κ3) is 5.57. The molecule has 3 aliphatic carbocycles. The van der Waals surface area contributed by atoms with Gasteiger partial charge in [0.15, 0.2) is 0 Å². The van der Waals surface area contributed by atoms with E-state index in [1.165, 1.54) is 38.5 Å². The van der Waals surface area contributed by atoms with Gasteiger partial charge in [0.2, 0.25) is 5.91 Å². The zero-order valence-corrected chi connectivity index (χ0v) is 18.4. The van der Waals surface area contributed by atoms with Crippen molar-refractivity contribution in [3.63, 3.8) is 0 Å². The zero-order valence-electron chi connectivity index (χ0n) is 17.6. The Bertz CT molecular complexity index is 547. The summed E-state index contributed by atoms with van der Waals surface area (Å²) < 4.78 is 0. The Morgan fingerprint density at radius 1 is 0.759 bits per heavy atom. The van der Waals surface area contributed by atoms with Crippen molar-refractivity contribution in [3.05, 3.63) is 0 Å². The van der Waals surface area contributed by atoms with E-state index >= 15 is 0 Å². The second kappa shape index (κ2) is 10.3. The fourth-order valence-corrected chi connectivity index (χ4v) is 6.15. The summed E-state index contributed by atoms with van der Waals surface area (Å²) in [5.41, 5.74) is 6.39. The summed E-state index contributed by atoms with van der Waals surface area (Å²) in [5, 5.41) is 6.27. The van der Waals surface area contributed by atoms with Crippen LogP contribution in [-0.4, -0.2) is 48.1 Å². The smallest absolute Gasteiger partial charge is 0.315 e. The van der Waals surface area contributed by atoms with Crippen molar-refractivity contribution in [1.82, 2.24) is 15.5 Å². The third-order valence-electron chi connectivity index (χ3n) is 7.84. The maximum absolute atomic E-state index is 13.1. The van der Waals surface area contributed by atoms with Crippen LogP contribution in [0.2, 0.25) is 0 Å². The Kier molecular flexibility index (Phi) is 8.08. The van der Waals surface area contributed by atoms with Crippen molar-refractivity contribution in [2.45, 2.75) is 95.2 Å². The molecular weight excluding hydrogens is 388 g/mol. The minimum atomic E-state index is -0.0224. The highest BCUT2D eigenvalue weighted by Gasteiger charge is 2.42. The lowest BCUT2D eigenvalue weighted by molar-refractivity contribution is -0.139. The number of hydrogen-bond acceptors (Lipinski definition) is 3. The first-order valence-corrected chi connectivity index (χ1v) is 11.7. The lowest BCUT2D eigenvalue weighted by Crippen LogP contribution is -2.53. The molecule has 0 aromatic rings. The van der Waals surface area contributed by atoms with E-state index in [0.29, 0.717) is 29.8 Å². The van der Waals surface area contributed by atoms with Crippen LogP contribution < -0.4 is 16.4 Å². The number of halogens is 1. The Labute approximate surface area is 181 Å². The summed E-state index contributed by atoms with van der Waals surface area (Å²) in [6.07, 6.45) is 13.3. The van der Waals surface area contributed by atoms with Gasteiger partial charge < -0.3 is 21.3 Å². The van der Waals surface area contributed by atoms with Crippen LogP contribution in [0.4, 0.5) is 4.79 Å². The van der Waals surface area contributed by atoms with E-state index in [-0.39, 0.29) is 30.4 Å². The number of carbonyl (C=O) groups is 2. The van der Waals surface area contributed by atoms with Crippen LogP contribution in [0.25, 0.3) is 0 Å². The van der Waals surface area contributed by atoms with Gasteiger partial charge in [-0.3, -0.25) is 4.79 Å². The van der Waals surface area contributed by atoms with E-state index in [2.05, 4.69) is 15.5 Å². The van der Waals surface area contributed by atoms with E-state index in [0.717, 1.165) is 51.6 Å². The molecule has 4 N–H and O–H groups in total. The first-order chi connectivity index (χ1) is 13.6. The summed E-state index contributed by atoms with van der Waals surface area (Å²) in [7, 11) is 0. The highest BCUT2D eigenvalue weighted by atomic mass is 35.5. The summed E-state index contributed by atoms with van der Waals surface area (Å²) in [4.78, 5) is 27.4. The monoisotopic (exact) mass is 426 g/mol. The minimum absolute atomic E-state index is 0. The molecule has 2 bridgehead atoms. The average Bonchev–Trinajstić information content (AvgIpc) is 2.68. The Morgan fingerprint density at radius 2 is 1.31 bits per heavy atom. The first-order valence-electron chi connectivity index (χ1n) is 11.7. The quantitative estimate of drug-likeness (QED) is 0.647. The number of carbonyl (C=O) groups excluding carboxylic acids is 2. The summed E-state index contributed by atoms with van der Waals surface area (Å²) in [6, 6.07) is 0.820. The van der Waals surface area contributed by atoms with E-state index in [9.17, 15) is 9.59 Å². The average molecular weight is 427 g/mol. The first kappa shape index (κ1) is 22.7. The summed E-state index contributed by atoms with van der Waals surface area (Å²) in [5.74, 6) is 1.61. The second-order valence-electron chi connectivity index (χ2n) is 9.75. The predicted octanol–water partition coefficient (Wildman–Crippen LogP) is 3.18. The number of fused-ring (bicyclic) bond motifs is 2. The number of nitrogens with zero attached hydrogens (tertiary/aromatic N) is 1. The maximum atomic E-state index is 13.1. The van der Waals surface area contributed by atoms with Crippen molar-refractivity contribution in [3.8, 4) is 0 Å². The number of urea groups is 1. The van der Waals surface area contributed by atoms with Crippen LogP contribution >= 0.6 is 12.4 Å². The predicted molar refractivity (Wildman–Crippen MR) is 117 cm³/mol. The number of nitrogens with one attached hydrogen (secondary N) is 2. The van der Waals surface area contributed by atoms with Crippen LogP contribution in [0.1, 0.15) is 77.0 Å². The van der Waals surface area contributed by atoms with Gasteiger partial charge in [-0.05, 0) is 63.2 Å². The molecule has 0 radical (unpaired) electrons. The molecule has 29 heavy (non-hydrogen) atoms. The van der Waals surface area contributed by atoms with Gasteiger partial charge in [0, 0.05) is 37.1 Å². The number of hydrogen-bond donors (Lipinski definition) is 3. The molecule has 7 heteroatoms. The molecule has 0 aromatic heterocycles. The number of nitrogens with two attached hydrogens (primary N) is 1. The largest absolute Gasteiger partial charge is 0.342 e. The molecule has 1 saturated heterocycles. The van der Waals surface area contributed by atoms with Gasteiger partial charge in [-0.2, -0.15) is 0 Å². The molecule has 3 saturated carbocycles. The highest BCUT2D eigenvalue weighted by Crippen LogP contribution is 2.42. The fraction of sp³-hybridized carbons (Fsp3) is 0.909. The Hall–Kier alpha value is -1.01. The van der Waals surface area contributed by atoms with Crippen molar-refractivity contribution in [1.29, 1.82) is 0 Å². The fourth-order valence-electron chi connectivity index (χ4n) is 6.15. The van der Waals surface area contributed by atoms with Crippen molar-refractivity contribution < 1.29 is 9.59 Å². The normalized spacial score (nSPS) is 33.5. The number of amides is 3. The molecule has 6 nitrogen and oxygen atoms in total. The maximum Gasteiger partial charge on any atom is 0.315 e. The molecule has 1 aliphatic heterocycles. The van der Waals surface area contributed by atoms with Crippen LogP contribution in [0.15, 0.2) is 0 Å². The van der Waals surface area contributed by atoms with E-state index in [1.54, 1.807) is 0 Å². The van der Waals surface area contributed by atoms with Gasteiger partial charge in [-0.1, -0.05) is 25.7 Å². The topological polar surface area (TPSA) is 87.5 Å². The summed E-state index contributed by atoms with van der Waals surface area (Å²) >= 11 is 0. The highest BCUT2D eigenvalue weighted by molar-refractivity contribution is 5.85. The van der Waals surface area contributed by atoms with Gasteiger partial charge in [0.05, 0.1) is 0 Å². The molecule has 4 fully saturated rings. The molecule has 166 valence electrons. The van der Waals surface area contributed by atoms with Crippen LogP contribution in [0.3, 0.4) is 0 Å². The van der Waals surface area contributed by atoms with Gasteiger partial charge >= 0.3 is 6.03 Å². The SMILES string of the molecule is Cl.NC1C2CCCC1CC(C(=O)N1CCC(NC(=O)NC3CCCCC3)CC1)C2. The Morgan fingerprint density at radius 3 is 1.90 bits per heavy atom. The molecule has 0 aromatic carbocycles.